The van der Waals surface area contributed by atoms with Gasteiger partial charge in [0.2, 0.25) is 0 Å². The Labute approximate surface area is 137 Å². The van der Waals surface area contributed by atoms with E-state index in [2.05, 4.69) is 4.98 Å². The highest BCUT2D eigenvalue weighted by Crippen LogP contribution is 2.11. The lowest BCUT2D eigenvalue weighted by Crippen LogP contribution is -2.14. The molecular weight excluding hydrogens is 309 g/mol. The van der Waals surface area contributed by atoms with Crippen molar-refractivity contribution in [2.45, 2.75) is 6.61 Å². The third-order valence-electron chi connectivity index (χ3n) is 3.48. The molecule has 0 saturated heterocycles. The summed E-state index contributed by atoms with van der Waals surface area (Å²) >= 11 is 0. The molecule has 5 heteroatoms. The van der Waals surface area contributed by atoms with Crippen LogP contribution in [0.25, 0.3) is 17.0 Å². The molecule has 0 bridgehead atoms. The van der Waals surface area contributed by atoms with E-state index < -0.39 is 5.97 Å². The highest BCUT2D eigenvalue weighted by atomic mass is 19.1. The highest BCUT2D eigenvalue weighted by Gasteiger charge is 2.05. The number of para-hydroxylation sites is 1. The summed E-state index contributed by atoms with van der Waals surface area (Å²) in [5.74, 6) is -0.919. The molecule has 0 aliphatic heterocycles. The van der Waals surface area contributed by atoms with E-state index >= 15 is 0 Å². The first-order chi connectivity index (χ1) is 11.6. The van der Waals surface area contributed by atoms with E-state index in [4.69, 9.17) is 4.74 Å². The Balaban J connectivity index is 1.67. The van der Waals surface area contributed by atoms with Crippen molar-refractivity contribution in [1.29, 1.82) is 0 Å². The predicted octanol–water partition coefficient (Wildman–Crippen LogP) is 3.42. The van der Waals surface area contributed by atoms with Crippen LogP contribution in [0, 0.1) is 5.82 Å². The van der Waals surface area contributed by atoms with Crippen molar-refractivity contribution in [3.8, 4) is 0 Å². The Morgan fingerprint density at radius 1 is 1.12 bits per heavy atom. The molecule has 1 heterocycles. The van der Waals surface area contributed by atoms with Crippen molar-refractivity contribution in [3.63, 3.8) is 0 Å². The third-order valence-corrected chi connectivity index (χ3v) is 3.48. The number of carbonyl (C=O) groups is 1. The van der Waals surface area contributed by atoms with Crippen LogP contribution in [0.3, 0.4) is 0 Å². The average molecular weight is 323 g/mol. The van der Waals surface area contributed by atoms with E-state index in [0.29, 0.717) is 11.1 Å². The number of rotatable bonds is 4. The van der Waals surface area contributed by atoms with E-state index in [9.17, 15) is 14.0 Å². The first kappa shape index (κ1) is 15.7. The maximum absolute atomic E-state index is 12.8. The van der Waals surface area contributed by atoms with Crippen molar-refractivity contribution in [2.24, 2.45) is 0 Å². The minimum Gasteiger partial charge on any atom is -0.457 e. The summed E-state index contributed by atoms with van der Waals surface area (Å²) in [6.07, 6.45) is 2.76. The van der Waals surface area contributed by atoms with Crippen LogP contribution >= 0.6 is 0 Å². The Hall–Kier alpha value is -3.21. The second-order valence-corrected chi connectivity index (χ2v) is 5.20. The predicted molar refractivity (Wildman–Crippen MR) is 89.8 cm³/mol. The molecule has 3 rings (SSSR count). The summed E-state index contributed by atoms with van der Waals surface area (Å²) < 4.78 is 17.9. The molecule has 0 fully saturated rings. The van der Waals surface area contributed by atoms with Crippen LogP contribution in [-0.4, -0.2) is 11.0 Å². The average Bonchev–Trinajstić information content (AvgIpc) is 2.59. The Bertz CT molecular complexity index is 958. The van der Waals surface area contributed by atoms with Gasteiger partial charge >= 0.3 is 5.97 Å². The molecule has 120 valence electrons. The van der Waals surface area contributed by atoms with Crippen LogP contribution in [0.2, 0.25) is 0 Å². The number of ether oxygens (including phenoxy) is 1. The van der Waals surface area contributed by atoms with Gasteiger partial charge in [-0.25, -0.2) is 9.18 Å². The van der Waals surface area contributed by atoms with Gasteiger partial charge in [0, 0.05) is 11.6 Å². The number of nitrogens with one attached hydrogen (secondary N) is 1. The molecule has 0 spiro atoms. The quantitative estimate of drug-likeness (QED) is 0.591. The molecule has 0 amide bonds. The minimum atomic E-state index is -0.577. The molecule has 1 N–H and O–H groups in total. The Morgan fingerprint density at radius 2 is 1.88 bits per heavy atom. The summed E-state index contributed by atoms with van der Waals surface area (Å²) in [5, 5.41) is 0.866. The SMILES string of the molecule is O=C(/C=C/c1ccc(F)cc1)OCc1cc2ccccc2[nH]c1=O. The second kappa shape index (κ2) is 6.91. The van der Waals surface area contributed by atoms with Gasteiger partial charge in [-0.1, -0.05) is 30.3 Å². The number of halogens is 1. The van der Waals surface area contributed by atoms with Gasteiger partial charge in [-0.05, 0) is 41.3 Å². The molecule has 3 aromatic rings. The van der Waals surface area contributed by atoms with E-state index in [1.54, 1.807) is 24.3 Å². The first-order valence-corrected chi connectivity index (χ1v) is 7.33. The van der Waals surface area contributed by atoms with Crippen molar-refractivity contribution in [1.82, 2.24) is 4.98 Å². The molecule has 0 radical (unpaired) electrons. The molecule has 0 aliphatic carbocycles. The molecule has 0 aliphatic rings. The molecular formula is C19H14FNO3. The second-order valence-electron chi connectivity index (χ2n) is 5.20. The fourth-order valence-corrected chi connectivity index (χ4v) is 2.23. The van der Waals surface area contributed by atoms with Crippen LogP contribution in [-0.2, 0) is 16.1 Å². The molecule has 0 saturated carbocycles. The van der Waals surface area contributed by atoms with Crippen molar-refractivity contribution in [3.05, 3.63) is 88.0 Å². The fourth-order valence-electron chi connectivity index (χ4n) is 2.23. The number of aromatic nitrogens is 1. The van der Waals surface area contributed by atoms with Gasteiger partial charge in [-0.15, -0.1) is 0 Å². The number of hydrogen-bond donors (Lipinski definition) is 1. The zero-order chi connectivity index (χ0) is 16.9. The standard InChI is InChI=1S/C19H14FNO3/c20-16-8-5-13(6-9-16)7-10-18(22)24-12-15-11-14-3-1-2-4-17(14)21-19(15)23/h1-11H,12H2,(H,21,23)/b10-7+. The largest absolute Gasteiger partial charge is 0.457 e. The lowest BCUT2D eigenvalue weighted by atomic mass is 10.1. The van der Waals surface area contributed by atoms with Crippen LogP contribution in [0.4, 0.5) is 4.39 Å². The van der Waals surface area contributed by atoms with Gasteiger partial charge in [-0.2, -0.15) is 0 Å². The van der Waals surface area contributed by atoms with E-state index in [1.165, 1.54) is 24.3 Å². The maximum Gasteiger partial charge on any atom is 0.331 e. The van der Waals surface area contributed by atoms with Crippen molar-refractivity contribution < 1.29 is 13.9 Å². The lowest BCUT2D eigenvalue weighted by Gasteiger charge is -2.04. The van der Waals surface area contributed by atoms with Gasteiger partial charge in [0.25, 0.3) is 5.56 Å². The summed E-state index contributed by atoms with van der Waals surface area (Å²) in [5.41, 5.74) is 1.49. The topological polar surface area (TPSA) is 59.2 Å². The highest BCUT2D eigenvalue weighted by molar-refractivity contribution is 5.87. The number of esters is 1. The number of pyridine rings is 1. The zero-order valence-corrected chi connectivity index (χ0v) is 12.7. The molecule has 2 aromatic carbocycles. The van der Waals surface area contributed by atoms with Gasteiger partial charge in [-0.3, -0.25) is 4.79 Å². The third kappa shape index (κ3) is 3.76. The summed E-state index contributed by atoms with van der Waals surface area (Å²) in [4.78, 5) is 26.4. The normalized spacial score (nSPS) is 11.0. The Morgan fingerprint density at radius 3 is 2.67 bits per heavy atom. The molecule has 0 unspecified atom stereocenters. The molecule has 1 aromatic heterocycles. The lowest BCUT2D eigenvalue weighted by molar-refractivity contribution is -0.138. The first-order valence-electron chi connectivity index (χ1n) is 7.33. The molecule has 0 atom stereocenters. The number of benzene rings is 2. The number of aromatic amines is 1. The Kier molecular flexibility index (Phi) is 4.52. The number of fused-ring (bicyclic) bond motifs is 1. The molecule has 24 heavy (non-hydrogen) atoms. The van der Waals surface area contributed by atoms with E-state index in [-0.39, 0.29) is 18.0 Å². The fraction of sp³-hybridized carbons (Fsp3) is 0.0526. The van der Waals surface area contributed by atoms with Crippen LogP contribution in [0.5, 0.6) is 0 Å². The number of H-pyrrole nitrogens is 1. The minimum absolute atomic E-state index is 0.118. The van der Waals surface area contributed by atoms with Gasteiger partial charge in [0.1, 0.15) is 12.4 Å². The molecule has 4 nitrogen and oxygen atoms in total. The van der Waals surface area contributed by atoms with E-state index in [1.807, 2.05) is 18.2 Å². The van der Waals surface area contributed by atoms with Crippen molar-refractivity contribution in [2.75, 3.05) is 0 Å². The number of carbonyl (C=O) groups excluding carboxylic acids is 1. The van der Waals surface area contributed by atoms with Crippen molar-refractivity contribution >= 4 is 22.9 Å². The van der Waals surface area contributed by atoms with E-state index in [0.717, 1.165) is 10.9 Å². The van der Waals surface area contributed by atoms with Crippen LogP contribution in [0.15, 0.2) is 65.5 Å². The zero-order valence-electron chi connectivity index (χ0n) is 12.7. The van der Waals surface area contributed by atoms with Gasteiger partial charge < -0.3 is 9.72 Å². The summed E-state index contributed by atoms with van der Waals surface area (Å²) in [7, 11) is 0. The monoisotopic (exact) mass is 323 g/mol. The summed E-state index contributed by atoms with van der Waals surface area (Å²) in [6.45, 7) is -0.118. The maximum atomic E-state index is 12.8. The van der Waals surface area contributed by atoms with Crippen LogP contribution < -0.4 is 5.56 Å². The summed E-state index contributed by atoms with van der Waals surface area (Å²) in [6, 6.07) is 14.8. The van der Waals surface area contributed by atoms with Gasteiger partial charge in [0.15, 0.2) is 0 Å². The van der Waals surface area contributed by atoms with Crippen LogP contribution in [0.1, 0.15) is 11.1 Å². The number of hydrogen-bond acceptors (Lipinski definition) is 3. The smallest absolute Gasteiger partial charge is 0.331 e. The van der Waals surface area contributed by atoms with Gasteiger partial charge in [0.05, 0.1) is 5.56 Å².